The van der Waals surface area contributed by atoms with Gasteiger partial charge in [-0.1, -0.05) is 23.5 Å². The number of aromatic nitrogens is 1. The largest absolute Gasteiger partial charge is 0.494 e. The topological polar surface area (TPSA) is 83.0 Å². The molecule has 1 saturated heterocycles. The third-order valence-corrected chi connectivity index (χ3v) is 10.2. The Labute approximate surface area is 202 Å². The number of thiazole rings is 1. The molecule has 1 aliphatic heterocycles. The van der Waals surface area contributed by atoms with E-state index < -0.39 is 16.1 Å². The predicted octanol–water partition coefficient (Wildman–Crippen LogP) is 3.42. The number of sulfonamides is 1. The molecule has 1 unspecified atom stereocenters. The molecule has 4 rings (SSSR count). The Balaban J connectivity index is 1.72. The van der Waals surface area contributed by atoms with Crippen LogP contribution in [0.25, 0.3) is 10.2 Å². The van der Waals surface area contributed by atoms with Gasteiger partial charge in [0.15, 0.2) is 5.13 Å². The van der Waals surface area contributed by atoms with Crippen molar-refractivity contribution in [3.05, 3.63) is 35.2 Å². The number of benzene rings is 1. The third kappa shape index (κ3) is 4.65. The maximum absolute atomic E-state index is 13.8. The summed E-state index contributed by atoms with van der Waals surface area (Å²) in [6.45, 7) is 3.38. The molecule has 0 N–H and O–H groups in total. The van der Waals surface area contributed by atoms with Crippen LogP contribution in [0.15, 0.2) is 33.9 Å². The Kier molecular flexibility index (Phi) is 7.06. The molecule has 0 radical (unpaired) electrons. The second kappa shape index (κ2) is 9.67. The quantitative estimate of drug-likeness (QED) is 0.464. The van der Waals surface area contributed by atoms with Crippen molar-refractivity contribution >= 4 is 54.0 Å². The Morgan fingerprint density at radius 3 is 2.73 bits per heavy atom. The van der Waals surface area contributed by atoms with E-state index in [4.69, 9.17) is 9.72 Å². The van der Waals surface area contributed by atoms with Gasteiger partial charge in [-0.05, 0) is 56.9 Å². The average molecular weight is 509 g/mol. The van der Waals surface area contributed by atoms with Gasteiger partial charge in [-0.25, -0.2) is 13.4 Å². The van der Waals surface area contributed by atoms with Crippen molar-refractivity contribution in [2.24, 2.45) is 0 Å². The summed E-state index contributed by atoms with van der Waals surface area (Å²) in [5, 5.41) is 2.30. The monoisotopic (exact) mass is 508 g/mol. The average Bonchev–Trinajstić information content (AvgIpc) is 3.54. The molecular formula is C22H28N4O4S3. The third-order valence-electron chi connectivity index (χ3n) is 5.73. The molecule has 178 valence electrons. The van der Waals surface area contributed by atoms with Gasteiger partial charge in [0.25, 0.3) is 10.0 Å². The van der Waals surface area contributed by atoms with Crippen molar-refractivity contribution < 1.29 is 17.9 Å². The molecule has 3 aromatic rings. The van der Waals surface area contributed by atoms with Gasteiger partial charge in [0.1, 0.15) is 21.5 Å². The van der Waals surface area contributed by atoms with Crippen molar-refractivity contribution in [1.82, 2.24) is 14.2 Å². The number of methoxy groups -OCH3 is 1. The fraction of sp³-hybridized carbons (Fsp3) is 0.455. The first-order valence-electron chi connectivity index (χ1n) is 10.7. The zero-order valence-corrected chi connectivity index (χ0v) is 21.6. The fourth-order valence-corrected chi connectivity index (χ4v) is 7.81. The van der Waals surface area contributed by atoms with Crippen LogP contribution in [0.2, 0.25) is 0 Å². The molecule has 1 amide bonds. The number of thiophene rings is 1. The van der Waals surface area contributed by atoms with Crippen LogP contribution in [0.1, 0.15) is 18.4 Å². The Hall–Kier alpha value is -2.05. The number of hydrogen-bond donors (Lipinski definition) is 0. The number of nitrogens with zero attached hydrogens (tertiary/aromatic N) is 4. The van der Waals surface area contributed by atoms with Crippen LogP contribution in [0, 0.1) is 6.92 Å². The summed E-state index contributed by atoms with van der Waals surface area (Å²) in [6.07, 6.45) is 1.14. The molecular weight excluding hydrogens is 480 g/mol. The van der Waals surface area contributed by atoms with Crippen LogP contribution in [-0.2, 0) is 14.8 Å². The number of amides is 1. The Morgan fingerprint density at radius 1 is 1.27 bits per heavy atom. The number of anilines is 1. The van der Waals surface area contributed by atoms with Gasteiger partial charge in [0.05, 0.1) is 11.8 Å². The van der Waals surface area contributed by atoms with Gasteiger partial charge in [-0.15, -0.1) is 11.3 Å². The number of fused-ring (bicyclic) bond motifs is 1. The molecule has 0 aliphatic carbocycles. The molecule has 3 heterocycles. The lowest BCUT2D eigenvalue weighted by atomic mass is 10.2. The lowest BCUT2D eigenvalue weighted by molar-refractivity contribution is -0.121. The highest BCUT2D eigenvalue weighted by Crippen LogP contribution is 2.37. The Morgan fingerprint density at radius 2 is 2.06 bits per heavy atom. The van der Waals surface area contributed by atoms with Crippen molar-refractivity contribution in [1.29, 1.82) is 0 Å². The van der Waals surface area contributed by atoms with E-state index in [1.165, 1.54) is 27.0 Å². The first kappa shape index (κ1) is 24.1. The van der Waals surface area contributed by atoms with E-state index in [0.29, 0.717) is 43.4 Å². The molecule has 1 aromatic carbocycles. The van der Waals surface area contributed by atoms with Crippen LogP contribution < -0.4 is 9.64 Å². The lowest BCUT2D eigenvalue weighted by Crippen LogP contribution is -2.49. The van der Waals surface area contributed by atoms with Gasteiger partial charge in [0, 0.05) is 19.6 Å². The van der Waals surface area contributed by atoms with Crippen LogP contribution in [-0.4, -0.2) is 75.4 Å². The highest BCUT2D eigenvalue weighted by atomic mass is 32.2. The standard InChI is InChI=1S/C22H28N4O4S3/c1-15-9-10-17(30-4)19-20(15)32-22(23-19)25(13-12-24(2)3)21(27)16-7-5-11-26(16)33(28,29)18-8-6-14-31-18/h6,8-10,14,16H,5,7,11-13H2,1-4H3. The smallest absolute Gasteiger partial charge is 0.253 e. The van der Waals surface area contributed by atoms with Gasteiger partial charge < -0.3 is 9.64 Å². The molecule has 2 aromatic heterocycles. The van der Waals surface area contributed by atoms with Crippen molar-refractivity contribution in [2.45, 2.75) is 30.0 Å². The summed E-state index contributed by atoms with van der Waals surface area (Å²) in [5.74, 6) is 0.422. The van der Waals surface area contributed by atoms with Crippen LogP contribution in [0.5, 0.6) is 5.75 Å². The maximum Gasteiger partial charge on any atom is 0.253 e. The fourth-order valence-electron chi connectivity index (χ4n) is 3.96. The minimum atomic E-state index is -3.72. The maximum atomic E-state index is 13.8. The van der Waals surface area contributed by atoms with E-state index >= 15 is 0 Å². The number of hydrogen-bond acceptors (Lipinski definition) is 8. The minimum absolute atomic E-state index is 0.231. The van der Waals surface area contributed by atoms with Gasteiger partial charge >= 0.3 is 0 Å². The highest BCUT2D eigenvalue weighted by molar-refractivity contribution is 7.91. The zero-order valence-electron chi connectivity index (χ0n) is 19.1. The van der Waals surface area contributed by atoms with E-state index in [9.17, 15) is 13.2 Å². The van der Waals surface area contributed by atoms with E-state index in [-0.39, 0.29) is 10.1 Å². The van der Waals surface area contributed by atoms with Crippen molar-refractivity contribution in [3.8, 4) is 5.75 Å². The predicted molar refractivity (Wildman–Crippen MR) is 133 cm³/mol. The molecule has 11 heteroatoms. The van der Waals surface area contributed by atoms with Gasteiger partial charge in [-0.2, -0.15) is 4.31 Å². The zero-order chi connectivity index (χ0) is 23.8. The first-order valence-corrected chi connectivity index (χ1v) is 13.8. The highest BCUT2D eigenvalue weighted by Gasteiger charge is 2.42. The van der Waals surface area contributed by atoms with Crippen molar-refractivity contribution in [2.75, 3.05) is 45.7 Å². The SMILES string of the molecule is COc1ccc(C)c2sc(N(CCN(C)C)C(=O)C3CCCN3S(=O)(=O)c3cccs3)nc12. The van der Waals surface area contributed by atoms with Gasteiger partial charge in [-0.3, -0.25) is 9.69 Å². The van der Waals surface area contributed by atoms with Crippen LogP contribution in [0.4, 0.5) is 5.13 Å². The normalized spacial score (nSPS) is 17.2. The second-order valence-corrected chi connectivity index (χ2v) is 12.3. The molecule has 8 nitrogen and oxygen atoms in total. The lowest BCUT2D eigenvalue weighted by Gasteiger charge is -2.29. The summed E-state index contributed by atoms with van der Waals surface area (Å²) >= 11 is 2.61. The number of carbonyl (C=O) groups excluding carboxylic acids is 1. The van der Waals surface area contributed by atoms with E-state index in [1.54, 1.807) is 29.5 Å². The summed E-state index contributed by atoms with van der Waals surface area (Å²) < 4.78 is 34.5. The number of likely N-dealkylation sites (N-methyl/N-ethyl adjacent to an activating group) is 1. The minimum Gasteiger partial charge on any atom is -0.494 e. The summed E-state index contributed by atoms with van der Waals surface area (Å²) in [5.41, 5.74) is 1.77. The van der Waals surface area contributed by atoms with Gasteiger partial charge in [0.2, 0.25) is 5.91 Å². The summed E-state index contributed by atoms with van der Waals surface area (Å²) in [7, 11) is 1.76. The molecule has 1 atom stereocenters. The molecule has 0 spiro atoms. The number of rotatable bonds is 8. The molecule has 1 fully saturated rings. The first-order chi connectivity index (χ1) is 15.7. The number of aryl methyl sites for hydroxylation is 1. The number of ether oxygens (including phenoxy) is 1. The van der Waals surface area contributed by atoms with Crippen LogP contribution in [0.3, 0.4) is 0 Å². The summed E-state index contributed by atoms with van der Waals surface area (Å²) in [6, 6.07) is 6.41. The molecule has 0 saturated carbocycles. The summed E-state index contributed by atoms with van der Waals surface area (Å²) in [4.78, 5) is 22.3. The molecule has 33 heavy (non-hydrogen) atoms. The number of carbonyl (C=O) groups is 1. The Bertz CT molecular complexity index is 1240. The molecule has 0 bridgehead atoms. The van der Waals surface area contributed by atoms with E-state index in [2.05, 4.69) is 0 Å². The van der Waals surface area contributed by atoms with E-state index in [1.807, 2.05) is 38.1 Å². The molecule has 1 aliphatic rings. The van der Waals surface area contributed by atoms with Crippen molar-refractivity contribution in [3.63, 3.8) is 0 Å². The van der Waals surface area contributed by atoms with Crippen LogP contribution >= 0.6 is 22.7 Å². The second-order valence-electron chi connectivity index (χ2n) is 8.26. The van der Waals surface area contributed by atoms with E-state index in [0.717, 1.165) is 15.8 Å².